The van der Waals surface area contributed by atoms with Crippen LogP contribution in [0.1, 0.15) is 45.7 Å². The van der Waals surface area contributed by atoms with E-state index in [1.807, 2.05) is 27.7 Å². The van der Waals surface area contributed by atoms with Crippen LogP contribution in [0.3, 0.4) is 0 Å². The molecule has 0 radical (unpaired) electrons. The fourth-order valence-electron chi connectivity index (χ4n) is 2.52. The molecule has 4 nitrogen and oxygen atoms in total. The van der Waals surface area contributed by atoms with Gasteiger partial charge in [-0.1, -0.05) is 17.8 Å². The zero-order valence-corrected chi connectivity index (χ0v) is 16.8. The summed E-state index contributed by atoms with van der Waals surface area (Å²) in [5, 5.41) is -0.152. The van der Waals surface area contributed by atoms with Crippen molar-refractivity contribution in [1.82, 2.24) is 0 Å². The summed E-state index contributed by atoms with van der Waals surface area (Å²) in [7, 11) is -0.857. The number of hydrogen-bond acceptors (Lipinski definition) is 5. The normalized spacial score (nSPS) is 19.4. The zero-order chi connectivity index (χ0) is 20.6. The van der Waals surface area contributed by atoms with Gasteiger partial charge in [0.25, 0.3) is 0 Å². The first-order valence-electron chi connectivity index (χ1n) is 8.39. The van der Waals surface area contributed by atoms with E-state index >= 15 is 0 Å². The second-order valence-corrected chi connectivity index (χ2v) is 8.58. The zero-order valence-electron chi connectivity index (χ0n) is 15.9. The largest absolute Gasteiger partial charge is 0.491 e. The topological polar surface area (TPSA) is 61.6 Å². The van der Waals surface area contributed by atoms with E-state index in [1.165, 1.54) is 25.1 Å². The van der Waals surface area contributed by atoms with Crippen LogP contribution in [-0.2, 0) is 20.3 Å². The Morgan fingerprint density at radius 3 is 2.26 bits per heavy atom. The molecule has 0 unspecified atom stereocenters. The van der Waals surface area contributed by atoms with Crippen molar-refractivity contribution >= 4 is 35.8 Å². The van der Waals surface area contributed by atoms with Gasteiger partial charge in [-0.2, -0.15) is 13.2 Å². The lowest BCUT2D eigenvalue weighted by molar-refractivity contribution is -0.137. The second kappa shape index (κ2) is 7.52. The minimum Gasteiger partial charge on any atom is -0.400 e. The van der Waals surface area contributed by atoms with Gasteiger partial charge < -0.3 is 15.0 Å². The van der Waals surface area contributed by atoms with E-state index in [4.69, 9.17) is 15.0 Å². The molecule has 0 bridgehead atoms. The highest BCUT2D eigenvalue weighted by Crippen LogP contribution is 2.40. The number of nitrogen functional groups attached to an aromatic ring is 1. The summed E-state index contributed by atoms with van der Waals surface area (Å²) in [6, 6.07) is 3.41. The maximum absolute atomic E-state index is 13.4. The predicted molar refractivity (Wildman–Crippen MR) is 103 cm³/mol. The van der Waals surface area contributed by atoms with E-state index in [1.54, 1.807) is 0 Å². The Morgan fingerprint density at radius 2 is 1.78 bits per heavy atom. The minimum atomic E-state index is -4.53. The summed E-state index contributed by atoms with van der Waals surface area (Å²) in [5.41, 5.74) is 4.14. The third-order valence-corrected chi connectivity index (χ3v) is 5.60. The average molecular weight is 401 g/mol. The molecule has 27 heavy (non-hydrogen) atoms. The molecule has 2 rings (SSSR count). The van der Waals surface area contributed by atoms with Gasteiger partial charge in [0.1, 0.15) is 0 Å². The fourth-order valence-corrected chi connectivity index (χ4v) is 3.11. The summed E-state index contributed by atoms with van der Waals surface area (Å²) >= 11 is 0.984. The first-order chi connectivity index (χ1) is 12.2. The summed E-state index contributed by atoms with van der Waals surface area (Å²) in [4.78, 5) is 11.4. The molecule has 1 fully saturated rings. The lowest BCUT2D eigenvalue weighted by Crippen LogP contribution is -2.41. The third kappa shape index (κ3) is 5.09. The number of hydrogen-bond donors (Lipinski definition) is 1. The highest BCUT2D eigenvalue weighted by Gasteiger charge is 2.52. The Hall–Kier alpha value is -1.45. The van der Waals surface area contributed by atoms with E-state index in [0.717, 1.165) is 17.8 Å². The Kier molecular flexibility index (Phi) is 6.09. The molecular formula is C18H23BF3NO3S. The molecule has 2 N–H and O–H groups in total. The summed E-state index contributed by atoms with van der Waals surface area (Å²) in [6.07, 6.45) is -3.18. The lowest BCUT2D eigenvalue weighted by Gasteiger charge is -2.32. The van der Waals surface area contributed by atoms with Crippen molar-refractivity contribution in [3.05, 3.63) is 34.8 Å². The summed E-state index contributed by atoms with van der Waals surface area (Å²) in [5.74, 6) is 0.151. The molecule has 1 saturated heterocycles. The number of alkyl halides is 3. The number of rotatable bonds is 4. The fraction of sp³-hybridized carbons (Fsp3) is 0.500. The van der Waals surface area contributed by atoms with Gasteiger partial charge in [-0.3, -0.25) is 4.79 Å². The molecule has 0 spiro atoms. The number of carbonyl (C=O) groups excluding carboxylic acids is 1. The molecule has 0 aromatic heterocycles. The summed E-state index contributed by atoms with van der Waals surface area (Å²) < 4.78 is 52.0. The van der Waals surface area contributed by atoms with Gasteiger partial charge in [-0.25, -0.2) is 0 Å². The number of halogens is 3. The molecule has 0 amide bonds. The van der Waals surface area contributed by atoms with Crippen LogP contribution in [0.25, 0.3) is 6.08 Å². The van der Waals surface area contributed by atoms with Gasteiger partial charge in [-0.05, 0) is 56.9 Å². The first kappa shape index (κ1) is 21.9. The van der Waals surface area contributed by atoms with Crippen LogP contribution in [0.2, 0.25) is 0 Å². The Balaban J connectivity index is 2.50. The Labute approximate surface area is 161 Å². The van der Waals surface area contributed by atoms with Gasteiger partial charge >= 0.3 is 13.3 Å². The highest BCUT2D eigenvalue weighted by atomic mass is 32.2. The van der Waals surface area contributed by atoms with Crippen molar-refractivity contribution in [2.45, 2.75) is 52.0 Å². The van der Waals surface area contributed by atoms with E-state index in [0.29, 0.717) is 5.47 Å². The quantitative estimate of drug-likeness (QED) is 0.591. The predicted octanol–water partition coefficient (Wildman–Crippen LogP) is 4.58. The van der Waals surface area contributed by atoms with Crippen LogP contribution in [-0.4, -0.2) is 29.2 Å². The van der Waals surface area contributed by atoms with E-state index in [-0.39, 0.29) is 22.1 Å². The van der Waals surface area contributed by atoms with Gasteiger partial charge in [0, 0.05) is 18.4 Å². The number of carbonyl (C=O) groups is 1. The molecule has 148 valence electrons. The molecule has 0 saturated carbocycles. The standard InChI is InChI=1S/C18H23BF3NO3S/c1-11(24)27-10-13(19-25-16(2,3)17(4,5)26-19)8-12-9-14(23)6-7-15(12)18(20,21)22/h6-9H,10,23H2,1-5H3. The van der Waals surface area contributed by atoms with Crippen LogP contribution in [0, 0.1) is 0 Å². The number of nitrogens with two attached hydrogens (primary N) is 1. The minimum absolute atomic E-state index is 0.0867. The van der Waals surface area contributed by atoms with Crippen molar-refractivity contribution in [1.29, 1.82) is 0 Å². The van der Waals surface area contributed by atoms with Crippen LogP contribution in [0.4, 0.5) is 18.9 Å². The van der Waals surface area contributed by atoms with Crippen LogP contribution in [0.5, 0.6) is 0 Å². The third-order valence-electron chi connectivity index (χ3n) is 4.72. The van der Waals surface area contributed by atoms with E-state index in [9.17, 15) is 18.0 Å². The molecule has 9 heteroatoms. The molecular weight excluding hydrogens is 378 g/mol. The van der Waals surface area contributed by atoms with Crippen molar-refractivity contribution in [2.75, 3.05) is 11.5 Å². The first-order valence-corrected chi connectivity index (χ1v) is 9.38. The summed E-state index contributed by atoms with van der Waals surface area (Å²) in [6.45, 7) is 8.80. The van der Waals surface area contributed by atoms with Gasteiger partial charge in [0.15, 0.2) is 5.12 Å². The number of thioether (sulfide) groups is 1. The van der Waals surface area contributed by atoms with Crippen molar-refractivity contribution < 1.29 is 27.3 Å². The number of benzene rings is 1. The van der Waals surface area contributed by atoms with E-state index in [2.05, 4.69) is 0 Å². The van der Waals surface area contributed by atoms with Crippen LogP contribution >= 0.6 is 11.8 Å². The van der Waals surface area contributed by atoms with Crippen LogP contribution in [0.15, 0.2) is 23.7 Å². The molecule has 1 aliphatic rings. The molecule has 1 aromatic carbocycles. The van der Waals surface area contributed by atoms with Crippen molar-refractivity contribution in [2.24, 2.45) is 0 Å². The van der Waals surface area contributed by atoms with Crippen LogP contribution < -0.4 is 5.73 Å². The molecule has 1 heterocycles. The molecule has 1 aromatic rings. The smallest absolute Gasteiger partial charge is 0.400 e. The van der Waals surface area contributed by atoms with Crippen molar-refractivity contribution in [3.63, 3.8) is 0 Å². The van der Waals surface area contributed by atoms with Gasteiger partial charge in [-0.15, -0.1) is 0 Å². The Morgan fingerprint density at radius 1 is 1.22 bits per heavy atom. The SMILES string of the molecule is CC(=O)SCC(=Cc1cc(N)ccc1C(F)(F)F)B1OC(C)(C)C(C)(C)O1. The average Bonchev–Trinajstić information content (AvgIpc) is 2.70. The van der Waals surface area contributed by atoms with Gasteiger partial charge in [0.05, 0.1) is 16.8 Å². The number of anilines is 1. The molecule has 0 aliphatic carbocycles. The Bertz CT molecular complexity index is 747. The second-order valence-electron chi connectivity index (χ2n) is 7.43. The molecule has 0 atom stereocenters. The monoisotopic (exact) mass is 401 g/mol. The van der Waals surface area contributed by atoms with Gasteiger partial charge in [0.2, 0.25) is 0 Å². The highest BCUT2D eigenvalue weighted by molar-refractivity contribution is 8.13. The lowest BCUT2D eigenvalue weighted by atomic mass is 9.78. The van der Waals surface area contributed by atoms with Crippen molar-refractivity contribution in [3.8, 4) is 0 Å². The molecule has 1 aliphatic heterocycles. The maximum Gasteiger partial charge on any atom is 0.491 e. The maximum atomic E-state index is 13.4. The van der Waals surface area contributed by atoms with E-state index < -0.39 is 30.1 Å².